The lowest BCUT2D eigenvalue weighted by Crippen LogP contribution is -2.51. The van der Waals surface area contributed by atoms with E-state index in [0.717, 1.165) is 11.8 Å². The van der Waals surface area contributed by atoms with Gasteiger partial charge in [-0.15, -0.1) is 0 Å². The van der Waals surface area contributed by atoms with Crippen molar-refractivity contribution < 1.29 is 22.4 Å². The Bertz CT molecular complexity index is 1330. The maximum atomic E-state index is 13.8. The van der Waals surface area contributed by atoms with Gasteiger partial charge in [0.05, 0.1) is 11.9 Å². The van der Waals surface area contributed by atoms with E-state index >= 15 is 0 Å². The zero-order valence-corrected chi connectivity index (χ0v) is 24.1. The lowest BCUT2D eigenvalue weighted by atomic mass is 10.0. The van der Waals surface area contributed by atoms with E-state index in [9.17, 15) is 22.4 Å². The van der Waals surface area contributed by atoms with Gasteiger partial charge in [-0.1, -0.05) is 74.5 Å². The van der Waals surface area contributed by atoms with Crippen LogP contribution in [0.4, 0.5) is 10.1 Å². The third-order valence-corrected chi connectivity index (χ3v) is 7.61. The fraction of sp³-hybridized carbons (Fsp3) is 0.355. The molecule has 0 saturated carbocycles. The Balaban J connectivity index is 1.86. The molecule has 9 heteroatoms. The molecule has 1 atom stereocenters. The first-order chi connectivity index (χ1) is 19.0. The van der Waals surface area contributed by atoms with Crippen LogP contribution >= 0.6 is 0 Å². The number of nitrogens with one attached hydrogen (secondary N) is 1. The van der Waals surface area contributed by atoms with E-state index in [0.29, 0.717) is 24.2 Å². The Morgan fingerprint density at radius 2 is 1.48 bits per heavy atom. The van der Waals surface area contributed by atoms with Gasteiger partial charge in [-0.3, -0.25) is 13.9 Å². The Hall–Kier alpha value is -3.72. The summed E-state index contributed by atoms with van der Waals surface area (Å²) in [6.07, 6.45) is 1.73. The number of benzene rings is 3. The van der Waals surface area contributed by atoms with Gasteiger partial charge in [-0.2, -0.15) is 0 Å². The SMILES string of the molecule is CC(C)CNC(=O)C(Cc1ccccc1)N(Cc1ccc(F)cc1)C(=O)CCCN(c1ccccc1)S(C)(=O)=O. The number of carbonyl (C=O) groups excluding carboxylic acids is 2. The Morgan fingerprint density at radius 1 is 0.875 bits per heavy atom. The molecule has 3 aromatic carbocycles. The molecule has 0 aromatic heterocycles. The Labute approximate surface area is 237 Å². The topological polar surface area (TPSA) is 86.8 Å². The number of hydrogen-bond acceptors (Lipinski definition) is 4. The van der Waals surface area contributed by atoms with Crippen LogP contribution < -0.4 is 9.62 Å². The molecule has 0 aliphatic heterocycles. The predicted molar refractivity (Wildman–Crippen MR) is 157 cm³/mol. The van der Waals surface area contributed by atoms with Gasteiger partial charge >= 0.3 is 0 Å². The number of rotatable bonds is 14. The quantitative estimate of drug-likeness (QED) is 0.304. The first kappa shape index (κ1) is 30.8. The molecular formula is C31H38FN3O4S. The summed E-state index contributed by atoms with van der Waals surface area (Å²) in [5.41, 5.74) is 2.11. The molecule has 3 aromatic rings. The molecule has 1 N–H and O–H groups in total. The van der Waals surface area contributed by atoms with E-state index < -0.39 is 16.1 Å². The van der Waals surface area contributed by atoms with E-state index in [1.807, 2.05) is 44.2 Å². The Kier molecular flexibility index (Phi) is 11.3. The van der Waals surface area contributed by atoms with Crippen LogP contribution in [0.15, 0.2) is 84.9 Å². The van der Waals surface area contributed by atoms with Crippen molar-refractivity contribution in [3.63, 3.8) is 0 Å². The minimum Gasteiger partial charge on any atom is -0.354 e. The predicted octanol–water partition coefficient (Wildman–Crippen LogP) is 4.78. The zero-order chi connectivity index (χ0) is 29.1. The van der Waals surface area contributed by atoms with Crippen LogP contribution in [0.5, 0.6) is 0 Å². The molecule has 0 bridgehead atoms. The van der Waals surface area contributed by atoms with Crippen molar-refractivity contribution >= 4 is 27.5 Å². The molecule has 0 aliphatic rings. The van der Waals surface area contributed by atoms with Crippen molar-refractivity contribution in [1.29, 1.82) is 0 Å². The number of nitrogens with zero attached hydrogens (tertiary/aromatic N) is 2. The van der Waals surface area contributed by atoms with Crippen LogP contribution in [0, 0.1) is 11.7 Å². The number of para-hydroxylation sites is 1. The minimum absolute atomic E-state index is 0.0306. The number of anilines is 1. The Morgan fingerprint density at radius 3 is 2.05 bits per heavy atom. The second-order valence-corrected chi connectivity index (χ2v) is 12.2. The monoisotopic (exact) mass is 567 g/mol. The van der Waals surface area contributed by atoms with Crippen molar-refractivity contribution in [3.05, 3.63) is 102 Å². The van der Waals surface area contributed by atoms with Crippen molar-refractivity contribution in [2.45, 2.75) is 45.7 Å². The average molecular weight is 568 g/mol. The van der Waals surface area contributed by atoms with Crippen LogP contribution in [0.2, 0.25) is 0 Å². The fourth-order valence-corrected chi connectivity index (χ4v) is 5.33. The molecule has 40 heavy (non-hydrogen) atoms. The lowest BCUT2D eigenvalue weighted by Gasteiger charge is -2.32. The van der Waals surface area contributed by atoms with Crippen LogP contribution in [-0.4, -0.2) is 50.5 Å². The second kappa shape index (κ2) is 14.6. The summed E-state index contributed by atoms with van der Waals surface area (Å²) in [5, 5.41) is 2.97. The van der Waals surface area contributed by atoms with Gasteiger partial charge in [0.1, 0.15) is 11.9 Å². The van der Waals surface area contributed by atoms with Crippen molar-refractivity contribution in [3.8, 4) is 0 Å². The van der Waals surface area contributed by atoms with E-state index in [2.05, 4.69) is 5.32 Å². The summed E-state index contributed by atoms with van der Waals surface area (Å²) < 4.78 is 39.9. The van der Waals surface area contributed by atoms with E-state index in [4.69, 9.17) is 0 Å². The van der Waals surface area contributed by atoms with Crippen LogP contribution in [0.3, 0.4) is 0 Å². The van der Waals surface area contributed by atoms with Gasteiger partial charge in [0.25, 0.3) is 0 Å². The van der Waals surface area contributed by atoms with Crippen molar-refractivity contribution in [2.24, 2.45) is 5.92 Å². The summed E-state index contributed by atoms with van der Waals surface area (Å²) in [5.74, 6) is -0.719. The molecule has 0 radical (unpaired) electrons. The molecule has 3 rings (SSSR count). The smallest absolute Gasteiger partial charge is 0.243 e. The highest BCUT2D eigenvalue weighted by Gasteiger charge is 2.30. The third kappa shape index (κ3) is 9.48. The zero-order valence-electron chi connectivity index (χ0n) is 23.3. The highest BCUT2D eigenvalue weighted by Crippen LogP contribution is 2.20. The first-order valence-corrected chi connectivity index (χ1v) is 15.3. The molecule has 0 saturated heterocycles. The largest absolute Gasteiger partial charge is 0.354 e. The molecule has 0 spiro atoms. The van der Waals surface area contributed by atoms with Crippen molar-refractivity contribution in [1.82, 2.24) is 10.2 Å². The molecule has 0 fully saturated rings. The number of sulfonamides is 1. The van der Waals surface area contributed by atoms with Crippen LogP contribution in [0.25, 0.3) is 0 Å². The summed E-state index contributed by atoms with van der Waals surface area (Å²) in [6.45, 7) is 4.67. The van der Waals surface area contributed by atoms with Gasteiger partial charge < -0.3 is 10.2 Å². The van der Waals surface area contributed by atoms with Gasteiger partial charge in [0, 0.05) is 32.5 Å². The average Bonchev–Trinajstić information content (AvgIpc) is 2.93. The molecule has 7 nitrogen and oxygen atoms in total. The van der Waals surface area contributed by atoms with Gasteiger partial charge in [-0.05, 0) is 47.7 Å². The van der Waals surface area contributed by atoms with Gasteiger partial charge in [0.15, 0.2) is 0 Å². The summed E-state index contributed by atoms with van der Waals surface area (Å²) in [7, 11) is -3.57. The molecule has 214 valence electrons. The standard InChI is InChI=1S/C31H38FN3O4S/c1-24(2)22-33-31(37)29(21-25-11-6-4-7-12-25)34(23-26-16-18-27(32)19-17-26)30(36)15-10-20-35(40(3,38)39)28-13-8-5-9-14-28/h4-9,11-14,16-19,24,29H,10,15,20-23H2,1-3H3,(H,33,37). The molecule has 0 heterocycles. The highest BCUT2D eigenvalue weighted by atomic mass is 32.2. The molecular weight excluding hydrogens is 529 g/mol. The normalized spacial score (nSPS) is 12.1. The van der Waals surface area contributed by atoms with E-state index in [1.165, 1.54) is 21.3 Å². The minimum atomic E-state index is -3.57. The van der Waals surface area contributed by atoms with E-state index in [-0.39, 0.29) is 49.5 Å². The summed E-state index contributed by atoms with van der Waals surface area (Å²) >= 11 is 0. The summed E-state index contributed by atoms with van der Waals surface area (Å²) in [4.78, 5) is 28.8. The van der Waals surface area contributed by atoms with Crippen LogP contribution in [-0.2, 0) is 32.6 Å². The van der Waals surface area contributed by atoms with Gasteiger partial charge in [-0.25, -0.2) is 12.8 Å². The third-order valence-electron chi connectivity index (χ3n) is 6.42. The first-order valence-electron chi connectivity index (χ1n) is 13.4. The number of halogens is 1. The highest BCUT2D eigenvalue weighted by molar-refractivity contribution is 7.92. The molecule has 0 aliphatic carbocycles. The lowest BCUT2D eigenvalue weighted by molar-refractivity contribution is -0.141. The number of amides is 2. The molecule has 1 unspecified atom stereocenters. The second-order valence-electron chi connectivity index (χ2n) is 10.3. The van der Waals surface area contributed by atoms with Crippen LogP contribution in [0.1, 0.15) is 37.8 Å². The number of carbonyl (C=O) groups is 2. The maximum absolute atomic E-state index is 13.8. The van der Waals surface area contributed by atoms with Gasteiger partial charge in [0.2, 0.25) is 21.8 Å². The number of hydrogen-bond donors (Lipinski definition) is 1. The maximum Gasteiger partial charge on any atom is 0.243 e. The van der Waals surface area contributed by atoms with E-state index in [1.54, 1.807) is 42.5 Å². The summed E-state index contributed by atoms with van der Waals surface area (Å²) in [6, 6.07) is 23.2. The molecule has 2 amide bonds. The van der Waals surface area contributed by atoms with Crippen molar-refractivity contribution in [2.75, 3.05) is 23.7 Å². The fourth-order valence-electron chi connectivity index (χ4n) is 4.36.